The fraction of sp³-hybridized carbons (Fsp3) is 0.538. The Bertz CT molecular complexity index is 396. The first kappa shape index (κ1) is 13.9. The smallest absolute Gasteiger partial charge is 0.126 e. The number of aromatic nitrogens is 1. The molecule has 1 unspecified atom stereocenters. The van der Waals surface area contributed by atoms with Crippen LogP contribution >= 0.6 is 12.2 Å². The zero-order valence-corrected chi connectivity index (χ0v) is 11.8. The Hall–Kier alpha value is -1.16. The highest BCUT2D eigenvalue weighted by molar-refractivity contribution is 7.80. The number of hydrogen-bond donors (Lipinski definition) is 2. The summed E-state index contributed by atoms with van der Waals surface area (Å²) >= 11 is 4.90. The van der Waals surface area contributed by atoms with Crippen molar-refractivity contribution in [1.29, 1.82) is 0 Å². The minimum Gasteiger partial charge on any atom is -0.388 e. The van der Waals surface area contributed by atoms with Gasteiger partial charge in [-0.05, 0) is 23.5 Å². The molecule has 0 saturated carbocycles. The van der Waals surface area contributed by atoms with E-state index in [2.05, 4.69) is 38.0 Å². The normalized spacial score (nSPS) is 13.2. The van der Waals surface area contributed by atoms with Crippen LogP contribution in [-0.2, 0) is 0 Å². The van der Waals surface area contributed by atoms with E-state index >= 15 is 0 Å². The SMILES string of the molecule is CC(CNc1cccc(C(N)=S)n1)C(C)(C)C. The Morgan fingerprint density at radius 1 is 1.47 bits per heavy atom. The van der Waals surface area contributed by atoms with Gasteiger partial charge >= 0.3 is 0 Å². The molecule has 3 N–H and O–H groups in total. The van der Waals surface area contributed by atoms with Crippen LogP contribution in [0.2, 0.25) is 0 Å². The van der Waals surface area contributed by atoms with Crippen LogP contribution in [0.5, 0.6) is 0 Å². The summed E-state index contributed by atoms with van der Waals surface area (Å²) in [4.78, 5) is 4.68. The van der Waals surface area contributed by atoms with Gasteiger partial charge in [0.25, 0.3) is 0 Å². The van der Waals surface area contributed by atoms with Gasteiger partial charge in [-0.25, -0.2) is 4.98 Å². The van der Waals surface area contributed by atoms with E-state index in [0.717, 1.165) is 12.4 Å². The number of hydrogen-bond acceptors (Lipinski definition) is 3. The third kappa shape index (κ3) is 4.30. The topological polar surface area (TPSA) is 50.9 Å². The van der Waals surface area contributed by atoms with Gasteiger partial charge in [0.1, 0.15) is 10.8 Å². The number of pyridine rings is 1. The van der Waals surface area contributed by atoms with Crippen LogP contribution in [0.25, 0.3) is 0 Å². The predicted molar refractivity (Wildman–Crippen MR) is 77.2 cm³/mol. The lowest BCUT2D eigenvalue weighted by molar-refractivity contribution is 0.274. The van der Waals surface area contributed by atoms with Crippen molar-refractivity contribution in [2.75, 3.05) is 11.9 Å². The molecule has 0 aliphatic carbocycles. The molecule has 0 fully saturated rings. The maximum absolute atomic E-state index is 5.55. The summed E-state index contributed by atoms with van der Waals surface area (Å²) in [5.41, 5.74) is 6.50. The van der Waals surface area contributed by atoms with Gasteiger partial charge in [-0.15, -0.1) is 0 Å². The van der Waals surface area contributed by atoms with Crippen LogP contribution in [0.1, 0.15) is 33.4 Å². The molecule has 1 rings (SSSR count). The largest absolute Gasteiger partial charge is 0.388 e. The highest BCUT2D eigenvalue weighted by Gasteiger charge is 2.19. The van der Waals surface area contributed by atoms with E-state index in [1.807, 2.05) is 18.2 Å². The molecule has 0 bridgehead atoms. The van der Waals surface area contributed by atoms with Gasteiger partial charge in [-0.1, -0.05) is 46.0 Å². The van der Waals surface area contributed by atoms with Crippen LogP contribution in [0.4, 0.5) is 5.82 Å². The number of anilines is 1. The van der Waals surface area contributed by atoms with Crippen LogP contribution in [0, 0.1) is 11.3 Å². The first-order valence-electron chi connectivity index (χ1n) is 5.81. The van der Waals surface area contributed by atoms with Crippen molar-refractivity contribution in [2.45, 2.75) is 27.7 Å². The van der Waals surface area contributed by atoms with E-state index in [1.165, 1.54) is 0 Å². The molecule has 0 aromatic carbocycles. The molecular weight excluding hydrogens is 230 g/mol. The summed E-state index contributed by atoms with van der Waals surface area (Å²) < 4.78 is 0. The van der Waals surface area contributed by atoms with E-state index in [1.54, 1.807) is 0 Å². The molecule has 0 aliphatic heterocycles. The predicted octanol–water partition coefficient (Wildman–Crippen LogP) is 2.81. The van der Waals surface area contributed by atoms with Gasteiger partial charge in [0.05, 0.1) is 5.69 Å². The van der Waals surface area contributed by atoms with Crippen molar-refractivity contribution >= 4 is 23.0 Å². The van der Waals surface area contributed by atoms with Crippen LogP contribution < -0.4 is 11.1 Å². The lowest BCUT2D eigenvalue weighted by Gasteiger charge is -2.27. The average molecular weight is 251 g/mol. The Kier molecular flexibility index (Phi) is 4.46. The lowest BCUT2D eigenvalue weighted by Crippen LogP contribution is -2.25. The first-order valence-corrected chi connectivity index (χ1v) is 6.22. The molecule has 0 saturated heterocycles. The number of nitrogens with two attached hydrogens (primary N) is 1. The van der Waals surface area contributed by atoms with Crippen molar-refractivity contribution in [1.82, 2.24) is 4.98 Å². The second-order valence-corrected chi connectivity index (χ2v) is 5.86. The highest BCUT2D eigenvalue weighted by Crippen LogP contribution is 2.25. The fourth-order valence-electron chi connectivity index (χ4n) is 1.23. The molecule has 94 valence electrons. The number of rotatable bonds is 4. The summed E-state index contributed by atoms with van der Waals surface area (Å²) in [6.45, 7) is 9.82. The molecule has 1 aromatic rings. The van der Waals surface area contributed by atoms with Crippen molar-refractivity contribution in [2.24, 2.45) is 17.1 Å². The molecule has 3 nitrogen and oxygen atoms in total. The fourth-order valence-corrected chi connectivity index (χ4v) is 1.35. The Balaban J connectivity index is 2.64. The van der Waals surface area contributed by atoms with E-state index in [-0.39, 0.29) is 5.41 Å². The van der Waals surface area contributed by atoms with Crippen LogP contribution in [-0.4, -0.2) is 16.5 Å². The molecular formula is C13H21N3S. The Morgan fingerprint density at radius 3 is 2.65 bits per heavy atom. The summed E-state index contributed by atoms with van der Waals surface area (Å²) in [5.74, 6) is 1.38. The molecule has 17 heavy (non-hydrogen) atoms. The minimum absolute atomic E-state index is 0.285. The van der Waals surface area contributed by atoms with Crippen molar-refractivity contribution in [3.05, 3.63) is 23.9 Å². The van der Waals surface area contributed by atoms with E-state index < -0.39 is 0 Å². The summed E-state index contributed by atoms with van der Waals surface area (Å²) in [6, 6.07) is 5.66. The van der Waals surface area contributed by atoms with Gasteiger partial charge in [-0.2, -0.15) is 0 Å². The maximum atomic E-state index is 5.55. The molecule has 0 amide bonds. The van der Waals surface area contributed by atoms with Gasteiger partial charge in [0.15, 0.2) is 0 Å². The van der Waals surface area contributed by atoms with Crippen molar-refractivity contribution in [3.8, 4) is 0 Å². The second kappa shape index (κ2) is 5.45. The number of thiocarbonyl (C=S) groups is 1. The molecule has 1 aromatic heterocycles. The maximum Gasteiger partial charge on any atom is 0.126 e. The lowest BCUT2D eigenvalue weighted by atomic mass is 9.82. The van der Waals surface area contributed by atoms with Gasteiger partial charge in [-0.3, -0.25) is 0 Å². The first-order chi connectivity index (χ1) is 7.80. The zero-order chi connectivity index (χ0) is 13.1. The summed E-state index contributed by atoms with van der Waals surface area (Å²) in [7, 11) is 0. The number of nitrogens with zero attached hydrogens (tertiary/aromatic N) is 1. The molecule has 1 atom stereocenters. The van der Waals surface area contributed by atoms with Gasteiger partial charge in [0, 0.05) is 6.54 Å². The van der Waals surface area contributed by atoms with Crippen LogP contribution in [0.3, 0.4) is 0 Å². The molecule has 0 radical (unpaired) electrons. The molecule has 1 heterocycles. The van der Waals surface area contributed by atoms with E-state index in [0.29, 0.717) is 16.6 Å². The Labute approximate surface area is 109 Å². The van der Waals surface area contributed by atoms with Crippen molar-refractivity contribution < 1.29 is 0 Å². The molecule has 0 spiro atoms. The Morgan fingerprint density at radius 2 is 2.12 bits per heavy atom. The monoisotopic (exact) mass is 251 g/mol. The van der Waals surface area contributed by atoms with Gasteiger partial charge in [0.2, 0.25) is 0 Å². The minimum atomic E-state index is 0.285. The third-order valence-electron chi connectivity index (χ3n) is 3.07. The van der Waals surface area contributed by atoms with Crippen LogP contribution in [0.15, 0.2) is 18.2 Å². The highest BCUT2D eigenvalue weighted by atomic mass is 32.1. The molecule has 4 heteroatoms. The van der Waals surface area contributed by atoms with Crippen molar-refractivity contribution in [3.63, 3.8) is 0 Å². The zero-order valence-electron chi connectivity index (χ0n) is 10.9. The summed E-state index contributed by atoms with van der Waals surface area (Å²) in [6.07, 6.45) is 0. The number of nitrogens with one attached hydrogen (secondary N) is 1. The quantitative estimate of drug-likeness (QED) is 0.808. The average Bonchev–Trinajstić information content (AvgIpc) is 2.25. The summed E-state index contributed by atoms with van der Waals surface area (Å²) in [5, 5.41) is 3.32. The second-order valence-electron chi connectivity index (χ2n) is 5.42. The van der Waals surface area contributed by atoms with E-state index in [4.69, 9.17) is 18.0 Å². The molecule has 0 aliphatic rings. The standard InChI is InChI=1S/C13H21N3S/c1-9(13(2,3)4)8-15-11-7-5-6-10(16-11)12(14)17/h5-7,9H,8H2,1-4H3,(H2,14,17)(H,15,16). The van der Waals surface area contributed by atoms with E-state index in [9.17, 15) is 0 Å². The third-order valence-corrected chi connectivity index (χ3v) is 3.28. The van der Waals surface area contributed by atoms with Gasteiger partial charge < -0.3 is 11.1 Å².